The van der Waals surface area contributed by atoms with Crippen molar-refractivity contribution in [3.8, 4) is 22.5 Å². The van der Waals surface area contributed by atoms with Crippen molar-refractivity contribution < 1.29 is 9.90 Å². The summed E-state index contributed by atoms with van der Waals surface area (Å²) >= 11 is 0. The summed E-state index contributed by atoms with van der Waals surface area (Å²) in [5.74, 6) is -0.339. The molecule has 0 amide bonds. The molecule has 0 aliphatic carbocycles. The van der Waals surface area contributed by atoms with Crippen LogP contribution in [0.15, 0.2) is 72.8 Å². The lowest BCUT2D eigenvalue weighted by molar-refractivity contribution is 0.0697. The summed E-state index contributed by atoms with van der Waals surface area (Å²) in [6.45, 7) is 3.83. The maximum absolute atomic E-state index is 11.2. The highest BCUT2D eigenvalue weighted by Crippen LogP contribution is 2.30. The highest BCUT2D eigenvalue weighted by Gasteiger charge is 2.12. The van der Waals surface area contributed by atoms with Crippen molar-refractivity contribution in [3.63, 3.8) is 0 Å². The number of hydrogen-bond donors (Lipinski definition) is 2. The Kier molecular flexibility index (Phi) is 6.55. The van der Waals surface area contributed by atoms with E-state index in [0.717, 1.165) is 48.3 Å². The second-order valence-corrected chi connectivity index (χ2v) is 7.61. The Hall–Kier alpha value is -4.00. The number of benzene rings is 3. The third-order valence-corrected chi connectivity index (χ3v) is 5.41. The van der Waals surface area contributed by atoms with Gasteiger partial charge in [0.15, 0.2) is 0 Å². The molecule has 2 N–H and O–H groups in total. The molecule has 0 saturated carbocycles. The largest absolute Gasteiger partial charge is 0.478 e. The molecule has 7 nitrogen and oxygen atoms in total. The Balaban J connectivity index is 1.56. The fraction of sp³-hybridized carbons (Fsp3) is 0.200. The third-order valence-electron chi connectivity index (χ3n) is 5.41. The number of aromatic carboxylic acids is 1. The Bertz CT molecular complexity index is 1160. The smallest absolute Gasteiger partial charge is 0.335 e. The van der Waals surface area contributed by atoms with Crippen molar-refractivity contribution in [2.24, 2.45) is 0 Å². The summed E-state index contributed by atoms with van der Waals surface area (Å²) < 4.78 is 0. The van der Waals surface area contributed by atoms with Crippen LogP contribution in [0.5, 0.6) is 0 Å². The molecule has 0 spiro atoms. The lowest BCUT2D eigenvalue weighted by atomic mass is 9.98. The van der Waals surface area contributed by atoms with Crippen LogP contribution in [0, 0.1) is 0 Å². The fourth-order valence-corrected chi connectivity index (χ4v) is 3.68. The number of H-pyrrole nitrogens is 1. The van der Waals surface area contributed by atoms with Gasteiger partial charge in [-0.05, 0) is 52.6 Å². The summed E-state index contributed by atoms with van der Waals surface area (Å²) in [5.41, 5.74) is 5.57. The molecule has 7 heteroatoms. The summed E-state index contributed by atoms with van der Waals surface area (Å²) in [6.07, 6.45) is 2.16. The first-order valence-electron chi connectivity index (χ1n) is 10.7. The number of aromatic nitrogens is 4. The van der Waals surface area contributed by atoms with E-state index in [1.807, 2.05) is 30.3 Å². The first kappa shape index (κ1) is 21.2. The van der Waals surface area contributed by atoms with E-state index in [-0.39, 0.29) is 0 Å². The Morgan fingerprint density at radius 2 is 1.69 bits per heavy atom. The molecular formula is C25H25N5O2. The zero-order chi connectivity index (χ0) is 22.3. The van der Waals surface area contributed by atoms with E-state index in [9.17, 15) is 4.79 Å². The Morgan fingerprint density at radius 3 is 2.31 bits per heavy atom. The van der Waals surface area contributed by atoms with Gasteiger partial charge in [-0.3, -0.25) is 0 Å². The molecule has 0 aliphatic heterocycles. The van der Waals surface area contributed by atoms with Crippen LogP contribution in [0.25, 0.3) is 22.5 Å². The number of aromatic amines is 1. The van der Waals surface area contributed by atoms with Gasteiger partial charge in [0.2, 0.25) is 5.82 Å². The van der Waals surface area contributed by atoms with E-state index in [4.69, 9.17) is 5.11 Å². The van der Waals surface area contributed by atoms with Gasteiger partial charge < -0.3 is 10.0 Å². The molecule has 0 fully saturated rings. The number of tetrazole rings is 1. The number of anilines is 1. The molecule has 162 valence electrons. The molecule has 0 unspecified atom stereocenters. The van der Waals surface area contributed by atoms with Crippen molar-refractivity contribution in [2.45, 2.75) is 26.3 Å². The quantitative estimate of drug-likeness (QED) is 0.389. The van der Waals surface area contributed by atoms with Gasteiger partial charge >= 0.3 is 5.97 Å². The van der Waals surface area contributed by atoms with Crippen LogP contribution in [-0.2, 0) is 6.54 Å². The first-order chi connectivity index (χ1) is 15.7. The monoisotopic (exact) mass is 427 g/mol. The van der Waals surface area contributed by atoms with Crippen molar-refractivity contribution in [3.05, 3.63) is 83.9 Å². The van der Waals surface area contributed by atoms with Gasteiger partial charge in [0.1, 0.15) is 0 Å². The number of carboxylic acids is 1. The van der Waals surface area contributed by atoms with E-state index >= 15 is 0 Å². The summed E-state index contributed by atoms with van der Waals surface area (Å²) in [5, 5.41) is 23.6. The van der Waals surface area contributed by atoms with Crippen molar-refractivity contribution in [1.82, 2.24) is 20.6 Å². The van der Waals surface area contributed by atoms with Gasteiger partial charge in [-0.1, -0.05) is 61.9 Å². The molecule has 0 saturated heterocycles. The van der Waals surface area contributed by atoms with Gasteiger partial charge in [0.25, 0.3) is 0 Å². The van der Waals surface area contributed by atoms with Crippen LogP contribution in [0.4, 0.5) is 5.69 Å². The van der Waals surface area contributed by atoms with Crippen LogP contribution in [0.1, 0.15) is 35.7 Å². The first-order valence-corrected chi connectivity index (χ1v) is 10.7. The number of carbonyl (C=O) groups is 1. The Morgan fingerprint density at radius 1 is 0.969 bits per heavy atom. The normalized spacial score (nSPS) is 10.8. The fourth-order valence-electron chi connectivity index (χ4n) is 3.68. The highest BCUT2D eigenvalue weighted by molar-refractivity contribution is 5.88. The molecule has 1 aromatic heterocycles. The Labute approximate surface area is 186 Å². The van der Waals surface area contributed by atoms with Crippen molar-refractivity contribution >= 4 is 11.7 Å². The number of nitrogens with zero attached hydrogens (tertiary/aromatic N) is 4. The molecule has 3 aromatic carbocycles. The lowest BCUT2D eigenvalue weighted by Crippen LogP contribution is -2.23. The van der Waals surface area contributed by atoms with E-state index in [2.05, 4.69) is 62.8 Å². The van der Waals surface area contributed by atoms with Crippen molar-refractivity contribution in [2.75, 3.05) is 11.4 Å². The molecule has 4 aromatic rings. The summed E-state index contributed by atoms with van der Waals surface area (Å²) in [4.78, 5) is 13.5. The number of hydrogen-bond acceptors (Lipinski definition) is 5. The summed E-state index contributed by atoms with van der Waals surface area (Å²) in [7, 11) is 0. The number of rotatable bonds is 9. The number of nitrogens with one attached hydrogen (secondary N) is 1. The topological polar surface area (TPSA) is 95.0 Å². The molecule has 1 heterocycles. The SMILES string of the molecule is CCCCN(Cc1ccc(-c2ccccc2-c2nn[nH]n2)cc1)c1ccc(C(=O)O)cc1. The summed E-state index contributed by atoms with van der Waals surface area (Å²) in [6, 6.07) is 23.6. The van der Waals surface area contributed by atoms with Gasteiger partial charge in [0, 0.05) is 24.3 Å². The minimum atomic E-state index is -0.909. The number of unbranched alkanes of at least 4 members (excludes halogenated alkanes) is 1. The predicted octanol–water partition coefficient (Wildman–Crippen LogP) is 5.04. The number of carboxylic acid groups (broad SMARTS) is 1. The highest BCUT2D eigenvalue weighted by atomic mass is 16.4. The minimum Gasteiger partial charge on any atom is -0.478 e. The van der Waals surface area contributed by atoms with E-state index in [1.54, 1.807) is 12.1 Å². The van der Waals surface area contributed by atoms with E-state index in [0.29, 0.717) is 11.4 Å². The lowest BCUT2D eigenvalue weighted by Gasteiger charge is -2.25. The van der Waals surface area contributed by atoms with Crippen LogP contribution < -0.4 is 4.90 Å². The predicted molar refractivity (Wildman–Crippen MR) is 124 cm³/mol. The molecule has 0 atom stereocenters. The molecule has 4 rings (SSSR count). The zero-order valence-corrected chi connectivity index (χ0v) is 17.9. The molecule has 32 heavy (non-hydrogen) atoms. The second-order valence-electron chi connectivity index (χ2n) is 7.61. The standard InChI is InChI=1S/C25H25N5O2/c1-2-3-16-30(21-14-12-20(13-15-21)25(31)32)17-18-8-10-19(11-9-18)22-6-4-5-7-23(22)24-26-28-29-27-24/h4-15H,2-3,16-17H2,1H3,(H,31,32)(H,26,27,28,29). The molecule has 0 radical (unpaired) electrons. The van der Waals surface area contributed by atoms with Crippen LogP contribution in [0.2, 0.25) is 0 Å². The maximum atomic E-state index is 11.2. The second kappa shape index (κ2) is 9.87. The van der Waals surface area contributed by atoms with E-state index in [1.165, 1.54) is 5.56 Å². The third kappa shape index (κ3) is 4.83. The van der Waals surface area contributed by atoms with Crippen LogP contribution in [-0.4, -0.2) is 38.2 Å². The van der Waals surface area contributed by atoms with E-state index < -0.39 is 5.97 Å². The molecule has 0 bridgehead atoms. The zero-order valence-electron chi connectivity index (χ0n) is 17.9. The van der Waals surface area contributed by atoms with Gasteiger partial charge in [-0.25, -0.2) is 4.79 Å². The molecule has 0 aliphatic rings. The van der Waals surface area contributed by atoms with Gasteiger partial charge in [-0.2, -0.15) is 5.21 Å². The van der Waals surface area contributed by atoms with Gasteiger partial charge in [0.05, 0.1) is 5.56 Å². The van der Waals surface area contributed by atoms with Crippen molar-refractivity contribution in [1.29, 1.82) is 0 Å². The average molecular weight is 428 g/mol. The van der Waals surface area contributed by atoms with Crippen LogP contribution in [0.3, 0.4) is 0 Å². The average Bonchev–Trinajstić information content (AvgIpc) is 3.37. The van der Waals surface area contributed by atoms with Crippen LogP contribution >= 0.6 is 0 Å². The van der Waals surface area contributed by atoms with Gasteiger partial charge in [-0.15, -0.1) is 10.2 Å². The molecular weight excluding hydrogens is 402 g/mol. The maximum Gasteiger partial charge on any atom is 0.335 e. The minimum absolute atomic E-state index is 0.300.